The van der Waals surface area contributed by atoms with Crippen molar-refractivity contribution in [2.75, 3.05) is 26.0 Å². The second-order valence-corrected chi connectivity index (χ2v) is 14.0. The third-order valence-electron chi connectivity index (χ3n) is 6.34. The summed E-state index contributed by atoms with van der Waals surface area (Å²) in [5.74, 6) is 1.30. The molecule has 1 aliphatic carbocycles. The second-order valence-electron chi connectivity index (χ2n) is 9.32. The van der Waals surface area contributed by atoms with Crippen LogP contribution in [-0.4, -0.2) is 46.3 Å². The largest absolute Gasteiger partial charge is 0.546 e. The van der Waals surface area contributed by atoms with Crippen LogP contribution < -0.4 is 4.90 Å². The lowest BCUT2D eigenvalue weighted by molar-refractivity contribution is -0.125. The fraction of sp³-hybridized carbons (Fsp3) is 0.571. The average molecular weight is 373 g/mol. The number of hydrogen-bond donors (Lipinski definition) is 0. The molecule has 1 amide bonds. The zero-order valence-corrected chi connectivity index (χ0v) is 18.4. The summed E-state index contributed by atoms with van der Waals surface area (Å²) in [4.78, 5) is 17.1. The number of benzene rings is 1. The lowest BCUT2D eigenvalue weighted by Gasteiger charge is -2.37. The molecule has 2 atom stereocenters. The van der Waals surface area contributed by atoms with Gasteiger partial charge in [-0.1, -0.05) is 39.0 Å². The summed E-state index contributed by atoms with van der Waals surface area (Å²) in [6, 6.07) is 8.58. The average Bonchev–Trinajstić information content (AvgIpc) is 3.02. The van der Waals surface area contributed by atoms with Crippen molar-refractivity contribution in [3.8, 4) is 0 Å². The molecule has 3 rings (SSSR count). The lowest BCUT2D eigenvalue weighted by Crippen LogP contribution is -2.41. The number of carbonyl (C=O) groups excluding carboxylic acids is 1. The molecule has 1 aliphatic heterocycles. The van der Waals surface area contributed by atoms with Gasteiger partial charge in [0.05, 0.1) is 17.4 Å². The van der Waals surface area contributed by atoms with Crippen molar-refractivity contribution in [3.05, 3.63) is 41.2 Å². The van der Waals surface area contributed by atoms with Gasteiger partial charge in [0.15, 0.2) is 0 Å². The third-order valence-corrected chi connectivity index (χ3v) is 10.7. The Morgan fingerprint density at radius 2 is 1.85 bits per heavy atom. The van der Waals surface area contributed by atoms with E-state index in [1.165, 1.54) is 11.3 Å². The van der Waals surface area contributed by atoms with Gasteiger partial charge < -0.3 is 14.2 Å². The summed E-state index contributed by atoms with van der Waals surface area (Å²) < 4.78 is 6.69. The van der Waals surface area contributed by atoms with E-state index in [1.807, 2.05) is 14.1 Å². The van der Waals surface area contributed by atoms with Crippen LogP contribution in [0.15, 0.2) is 35.6 Å². The highest BCUT2D eigenvalue weighted by Gasteiger charge is 2.50. The molecule has 142 valence electrons. The van der Waals surface area contributed by atoms with Gasteiger partial charge >= 0.3 is 0 Å². The molecule has 0 bridgehead atoms. The van der Waals surface area contributed by atoms with E-state index in [2.05, 4.69) is 70.1 Å². The van der Waals surface area contributed by atoms with E-state index in [0.717, 1.165) is 17.8 Å². The molecule has 1 aromatic carbocycles. The highest BCUT2D eigenvalue weighted by molar-refractivity contribution is 6.74. The minimum Gasteiger partial charge on any atom is -0.546 e. The Labute approximate surface area is 159 Å². The number of rotatable bonds is 3. The van der Waals surface area contributed by atoms with Crippen LogP contribution in [0.1, 0.15) is 38.7 Å². The van der Waals surface area contributed by atoms with Gasteiger partial charge in [0, 0.05) is 39.2 Å². The standard InChI is InChI=1S/C21H32N2O2Si/c1-21(2,3)26(7,8)25-17-13-15-14-11-9-10-12-16(14)23(6)19(15)18(17)20(24)22(4)5/h9-12,15,19H,13H2,1-8H3/t15-,19+/m0/s1. The fourth-order valence-corrected chi connectivity index (χ4v) is 4.96. The monoisotopic (exact) mass is 372 g/mol. The van der Waals surface area contributed by atoms with Crippen molar-refractivity contribution in [2.24, 2.45) is 0 Å². The fourth-order valence-electron chi connectivity index (χ4n) is 3.85. The maximum absolute atomic E-state index is 13.1. The third kappa shape index (κ3) is 2.86. The minimum atomic E-state index is -2.00. The van der Waals surface area contributed by atoms with Gasteiger partial charge in [-0.3, -0.25) is 4.79 Å². The van der Waals surface area contributed by atoms with E-state index in [9.17, 15) is 4.79 Å². The Hall–Kier alpha value is -1.75. The second kappa shape index (κ2) is 6.15. The molecule has 4 nitrogen and oxygen atoms in total. The van der Waals surface area contributed by atoms with Crippen molar-refractivity contribution in [1.82, 2.24) is 4.90 Å². The molecular weight excluding hydrogens is 340 g/mol. The van der Waals surface area contributed by atoms with Gasteiger partial charge in [-0.15, -0.1) is 0 Å². The summed E-state index contributed by atoms with van der Waals surface area (Å²) in [5.41, 5.74) is 3.42. The molecule has 0 radical (unpaired) electrons. The number of anilines is 1. The zero-order valence-electron chi connectivity index (χ0n) is 17.4. The van der Waals surface area contributed by atoms with Crippen LogP contribution in [-0.2, 0) is 9.22 Å². The highest BCUT2D eigenvalue weighted by atomic mass is 28.4. The van der Waals surface area contributed by atoms with Crippen molar-refractivity contribution in [3.63, 3.8) is 0 Å². The number of para-hydroxylation sites is 1. The predicted molar refractivity (Wildman–Crippen MR) is 110 cm³/mol. The first-order chi connectivity index (χ1) is 12.0. The van der Waals surface area contributed by atoms with Crippen LogP contribution in [0.3, 0.4) is 0 Å². The Balaban J connectivity index is 2.06. The topological polar surface area (TPSA) is 32.8 Å². The quantitative estimate of drug-likeness (QED) is 0.739. The molecule has 0 unspecified atom stereocenters. The maximum Gasteiger partial charge on any atom is 0.254 e. The molecule has 0 fully saturated rings. The highest BCUT2D eigenvalue weighted by Crippen LogP contribution is 2.52. The Kier molecular flexibility index (Phi) is 4.50. The first kappa shape index (κ1) is 19.0. The normalized spacial score (nSPS) is 22.4. The minimum absolute atomic E-state index is 0.0714. The summed E-state index contributed by atoms with van der Waals surface area (Å²) >= 11 is 0. The van der Waals surface area contributed by atoms with Crippen LogP contribution in [0, 0.1) is 0 Å². The van der Waals surface area contributed by atoms with Crippen LogP contribution in [0.5, 0.6) is 0 Å². The molecular formula is C21H32N2O2Si. The van der Waals surface area contributed by atoms with E-state index in [4.69, 9.17) is 4.43 Å². The molecule has 1 heterocycles. The zero-order chi connectivity index (χ0) is 19.4. The Morgan fingerprint density at radius 3 is 2.42 bits per heavy atom. The first-order valence-electron chi connectivity index (χ1n) is 9.41. The van der Waals surface area contributed by atoms with Crippen molar-refractivity contribution in [1.29, 1.82) is 0 Å². The van der Waals surface area contributed by atoms with Gasteiger partial charge in [-0.2, -0.15) is 0 Å². The van der Waals surface area contributed by atoms with Gasteiger partial charge in [0.2, 0.25) is 8.32 Å². The van der Waals surface area contributed by atoms with Crippen molar-refractivity contribution >= 4 is 19.9 Å². The van der Waals surface area contributed by atoms with Crippen LogP contribution in [0.2, 0.25) is 18.1 Å². The SMILES string of the molecule is CN(C)C(=O)C1=C(O[Si](C)(C)C(C)(C)C)C[C@H]2c3ccccc3N(C)[C@@H]12. The van der Waals surface area contributed by atoms with Crippen molar-refractivity contribution in [2.45, 2.75) is 57.3 Å². The van der Waals surface area contributed by atoms with Gasteiger partial charge in [0.25, 0.3) is 5.91 Å². The summed E-state index contributed by atoms with van der Waals surface area (Å²) in [6.45, 7) is 11.2. The summed E-state index contributed by atoms with van der Waals surface area (Å²) in [7, 11) is 3.75. The predicted octanol–water partition coefficient (Wildman–Crippen LogP) is 4.36. The molecule has 0 aromatic heterocycles. The molecule has 0 saturated heterocycles. The molecule has 0 spiro atoms. The number of hydrogen-bond acceptors (Lipinski definition) is 3. The van der Waals surface area contributed by atoms with E-state index >= 15 is 0 Å². The lowest BCUT2D eigenvalue weighted by atomic mass is 9.94. The Morgan fingerprint density at radius 1 is 1.23 bits per heavy atom. The van der Waals surface area contributed by atoms with Crippen LogP contribution >= 0.6 is 0 Å². The molecule has 1 aromatic rings. The van der Waals surface area contributed by atoms with E-state index < -0.39 is 8.32 Å². The van der Waals surface area contributed by atoms with Gasteiger partial charge in [-0.25, -0.2) is 0 Å². The van der Waals surface area contributed by atoms with Crippen molar-refractivity contribution < 1.29 is 9.22 Å². The molecule has 0 saturated carbocycles. The number of nitrogens with zero attached hydrogens (tertiary/aromatic N) is 2. The molecule has 5 heteroatoms. The van der Waals surface area contributed by atoms with Gasteiger partial charge in [-0.05, 0) is 29.8 Å². The smallest absolute Gasteiger partial charge is 0.254 e. The van der Waals surface area contributed by atoms with E-state index in [0.29, 0.717) is 5.92 Å². The molecule has 26 heavy (non-hydrogen) atoms. The van der Waals surface area contributed by atoms with Crippen LogP contribution in [0.25, 0.3) is 0 Å². The first-order valence-corrected chi connectivity index (χ1v) is 12.3. The van der Waals surface area contributed by atoms with E-state index in [1.54, 1.807) is 4.90 Å². The summed E-state index contributed by atoms with van der Waals surface area (Å²) in [6.07, 6.45) is 0.813. The molecule has 0 N–H and O–H groups in total. The number of likely N-dealkylation sites (N-methyl/N-ethyl adjacent to an activating group) is 2. The maximum atomic E-state index is 13.1. The molecule has 2 aliphatic rings. The van der Waals surface area contributed by atoms with Gasteiger partial charge in [0.1, 0.15) is 0 Å². The number of allylic oxidation sites excluding steroid dienone is 1. The number of amides is 1. The van der Waals surface area contributed by atoms with Crippen LogP contribution in [0.4, 0.5) is 5.69 Å². The van der Waals surface area contributed by atoms with E-state index in [-0.39, 0.29) is 17.0 Å². The number of carbonyl (C=O) groups is 1. The Bertz CT molecular complexity index is 762. The summed E-state index contributed by atoms with van der Waals surface area (Å²) in [5, 5.41) is 0.105. The number of fused-ring (bicyclic) bond motifs is 3.